The Morgan fingerprint density at radius 2 is 2.05 bits per heavy atom. The predicted octanol–water partition coefficient (Wildman–Crippen LogP) is -3.03. The monoisotopic (exact) mass is 299 g/mol. The smallest absolute Gasteiger partial charge is 0.271 e. The summed E-state index contributed by atoms with van der Waals surface area (Å²) >= 11 is 0. The molecule has 1 amide bonds. The van der Waals surface area contributed by atoms with Gasteiger partial charge in [-0.05, 0) is 6.07 Å². The molecule has 0 fully saturated rings. The van der Waals surface area contributed by atoms with Crippen LogP contribution < -0.4 is 5.43 Å². The normalized spacial score (nSPS) is 17.2. The summed E-state index contributed by atoms with van der Waals surface area (Å²) in [5.41, 5.74) is 2.56. The van der Waals surface area contributed by atoms with Crippen molar-refractivity contribution in [3.05, 3.63) is 30.1 Å². The van der Waals surface area contributed by atoms with E-state index < -0.39 is 36.9 Å². The number of aliphatic hydroxyl groups is 5. The molecule has 0 saturated carbocycles. The van der Waals surface area contributed by atoms with Crippen LogP contribution in [0.3, 0.4) is 0 Å². The fourth-order valence-corrected chi connectivity index (χ4v) is 1.37. The van der Waals surface area contributed by atoms with Crippen molar-refractivity contribution in [2.45, 2.75) is 24.4 Å². The van der Waals surface area contributed by atoms with E-state index in [1.807, 2.05) is 5.43 Å². The fraction of sp³-hybridized carbons (Fsp3) is 0.417. The van der Waals surface area contributed by atoms with Gasteiger partial charge in [0, 0.05) is 18.0 Å². The highest BCUT2D eigenvalue weighted by molar-refractivity contribution is 5.84. The van der Waals surface area contributed by atoms with Gasteiger partial charge in [-0.3, -0.25) is 9.78 Å². The summed E-state index contributed by atoms with van der Waals surface area (Å²) < 4.78 is 0. The van der Waals surface area contributed by atoms with Gasteiger partial charge in [0.15, 0.2) is 6.10 Å². The van der Waals surface area contributed by atoms with Crippen molar-refractivity contribution in [3.8, 4) is 0 Å². The van der Waals surface area contributed by atoms with Crippen LogP contribution >= 0.6 is 0 Å². The Morgan fingerprint density at radius 3 is 2.62 bits per heavy atom. The van der Waals surface area contributed by atoms with Gasteiger partial charge in [0.25, 0.3) is 5.91 Å². The minimum absolute atomic E-state index is 0.601. The lowest BCUT2D eigenvalue weighted by Gasteiger charge is -2.24. The van der Waals surface area contributed by atoms with E-state index in [-0.39, 0.29) is 0 Å². The van der Waals surface area contributed by atoms with Gasteiger partial charge in [-0.15, -0.1) is 0 Å². The van der Waals surface area contributed by atoms with Crippen molar-refractivity contribution < 1.29 is 30.3 Å². The third-order valence-corrected chi connectivity index (χ3v) is 2.60. The van der Waals surface area contributed by atoms with Crippen molar-refractivity contribution in [2.75, 3.05) is 6.61 Å². The van der Waals surface area contributed by atoms with E-state index >= 15 is 0 Å². The van der Waals surface area contributed by atoms with E-state index in [0.717, 1.165) is 0 Å². The number of aromatic nitrogens is 1. The first kappa shape index (κ1) is 17.1. The molecule has 1 aromatic rings. The molecule has 0 spiro atoms. The van der Waals surface area contributed by atoms with Crippen LogP contribution in [0.1, 0.15) is 5.56 Å². The van der Waals surface area contributed by atoms with E-state index in [2.05, 4.69) is 10.1 Å². The number of nitrogens with one attached hydrogen (secondary N) is 1. The topological polar surface area (TPSA) is 156 Å². The molecule has 0 aliphatic heterocycles. The van der Waals surface area contributed by atoms with Gasteiger partial charge in [-0.25, -0.2) is 5.43 Å². The fourth-order valence-electron chi connectivity index (χ4n) is 1.37. The van der Waals surface area contributed by atoms with E-state index in [9.17, 15) is 20.1 Å². The highest BCUT2D eigenvalue weighted by Gasteiger charge is 2.34. The minimum atomic E-state index is -2.02. The number of carbonyl (C=O) groups excluding carboxylic acids is 1. The SMILES string of the molecule is O=C(NN=Cc1cccnc1)C(O)C(O)C(O)C(O)CO. The standard InChI is InChI=1S/C12H17N3O6/c16-6-8(17)9(18)10(19)11(20)12(21)15-14-5-7-2-1-3-13-4-7/h1-5,8-11,16-20H,6H2,(H,15,21). The molecule has 0 bridgehead atoms. The van der Waals surface area contributed by atoms with Gasteiger partial charge in [0.2, 0.25) is 0 Å². The molecule has 9 heteroatoms. The van der Waals surface area contributed by atoms with E-state index in [4.69, 9.17) is 10.2 Å². The van der Waals surface area contributed by atoms with Crippen molar-refractivity contribution in [1.82, 2.24) is 10.4 Å². The zero-order valence-corrected chi connectivity index (χ0v) is 10.9. The first-order valence-corrected chi connectivity index (χ1v) is 6.03. The van der Waals surface area contributed by atoms with Crippen LogP contribution in [-0.4, -0.2) is 73.7 Å². The minimum Gasteiger partial charge on any atom is -0.394 e. The van der Waals surface area contributed by atoms with Crippen molar-refractivity contribution in [2.24, 2.45) is 5.10 Å². The van der Waals surface area contributed by atoms with Crippen molar-refractivity contribution in [3.63, 3.8) is 0 Å². The van der Waals surface area contributed by atoms with E-state index in [1.54, 1.807) is 18.3 Å². The Bertz CT molecular complexity index is 469. The molecule has 0 aliphatic rings. The molecule has 9 nitrogen and oxygen atoms in total. The molecule has 1 aromatic heterocycles. The van der Waals surface area contributed by atoms with Crippen molar-refractivity contribution in [1.29, 1.82) is 0 Å². The molecule has 6 N–H and O–H groups in total. The Hall–Kier alpha value is -1.91. The van der Waals surface area contributed by atoms with Crippen LogP contribution in [0, 0.1) is 0 Å². The molecule has 4 unspecified atom stereocenters. The second kappa shape index (κ2) is 8.39. The third-order valence-electron chi connectivity index (χ3n) is 2.60. The summed E-state index contributed by atoms with van der Waals surface area (Å²) in [5.74, 6) is -1.08. The molecule has 0 aromatic carbocycles. The molecule has 21 heavy (non-hydrogen) atoms. The Balaban J connectivity index is 2.53. The summed E-state index contributed by atoms with van der Waals surface area (Å²) in [6.07, 6.45) is -3.23. The number of nitrogens with zero attached hydrogens (tertiary/aromatic N) is 2. The quantitative estimate of drug-likeness (QED) is 0.231. The first-order chi connectivity index (χ1) is 9.97. The van der Waals surface area contributed by atoms with Crippen LogP contribution in [0.5, 0.6) is 0 Å². The predicted molar refractivity (Wildman–Crippen MR) is 71.1 cm³/mol. The lowest BCUT2D eigenvalue weighted by atomic mass is 10.0. The maximum Gasteiger partial charge on any atom is 0.271 e. The average Bonchev–Trinajstić information content (AvgIpc) is 2.52. The van der Waals surface area contributed by atoms with Gasteiger partial charge in [-0.1, -0.05) is 6.07 Å². The average molecular weight is 299 g/mol. The van der Waals surface area contributed by atoms with Crippen LogP contribution in [-0.2, 0) is 4.79 Å². The molecular weight excluding hydrogens is 282 g/mol. The van der Waals surface area contributed by atoms with Gasteiger partial charge in [0.05, 0.1) is 12.8 Å². The first-order valence-electron chi connectivity index (χ1n) is 6.03. The molecule has 0 aliphatic carbocycles. The molecule has 116 valence electrons. The van der Waals surface area contributed by atoms with Crippen LogP contribution in [0.2, 0.25) is 0 Å². The van der Waals surface area contributed by atoms with Crippen LogP contribution in [0.25, 0.3) is 0 Å². The number of rotatable bonds is 7. The number of amides is 1. The largest absolute Gasteiger partial charge is 0.394 e. The van der Waals surface area contributed by atoms with Gasteiger partial charge in [0.1, 0.15) is 18.3 Å². The van der Waals surface area contributed by atoms with Gasteiger partial charge in [-0.2, -0.15) is 5.10 Å². The molecule has 0 radical (unpaired) electrons. The molecular formula is C12H17N3O6. The maximum atomic E-state index is 11.5. The second-order valence-electron chi connectivity index (χ2n) is 4.20. The number of hydrogen-bond donors (Lipinski definition) is 6. The molecule has 4 atom stereocenters. The summed E-state index contributed by atoms with van der Waals surface area (Å²) in [7, 11) is 0. The zero-order chi connectivity index (χ0) is 15.8. The highest BCUT2D eigenvalue weighted by Crippen LogP contribution is 2.05. The molecule has 1 rings (SSSR count). The Morgan fingerprint density at radius 1 is 1.33 bits per heavy atom. The summed E-state index contributed by atoms with van der Waals surface area (Å²) in [6, 6.07) is 3.34. The summed E-state index contributed by atoms with van der Waals surface area (Å²) in [6.45, 7) is -0.828. The van der Waals surface area contributed by atoms with E-state index in [1.165, 1.54) is 12.4 Å². The lowest BCUT2D eigenvalue weighted by Crippen LogP contribution is -2.50. The van der Waals surface area contributed by atoms with Gasteiger partial charge >= 0.3 is 0 Å². The highest BCUT2D eigenvalue weighted by atomic mass is 16.4. The van der Waals surface area contributed by atoms with Gasteiger partial charge < -0.3 is 25.5 Å². The second-order valence-corrected chi connectivity index (χ2v) is 4.20. The van der Waals surface area contributed by atoms with Crippen LogP contribution in [0.15, 0.2) is 29.6 Å². The Kier molecular flexibility index (Phi) is 6.85. The zero-order valence-electron chi connectivity index (χ0n) is 10.9. The Labute approximate surface area is 120 Å². The van der Waals surface area contributed by atoms with Crippen LogP contribution in [0.4, 0.5) is 0 Å². The summed E-state index contributed by atoms with van der Waals surface area (Å²) in [5, 5.41) is 49.6. The maximum absolute atomic E-state index is 11.5. The number of hydrazone groups is 1. The van der Waals surface area contributed by atoms with E-state index in [0.29, 0.717) is 5.56 Å². The lowest BCUT2D eigenvalue weighted by molar-refractivity contribution is -0.148. The number of aliphatic hydroxyl groups excluding tert-OH is 5. The molecule has 1 heterocycles. The third kappa shape index (κ3) is 5.17. The van der Waals surface area contributed by atoms with Crippen molar-refractivity contribution >= 4 is 12.1 Å². The summed E-state index contributed by atoms with van der Waals surface area (Å²) in [4.78, 5) is 15.3. The number of carbonyl (C=O) groups is 1. The molecule has 0 saturated heterocycles. The number of pyridine rings is 1. The number of hydrogen-bond acceptors (Lipinski definition) is 8.